The maximum atomic E-state index is 12.8. The average molecular weight is 374 g/mol. The highest BCUT2D eigenvalue weighted by Gasteiger charge is 2.39. The van der Waals surface area contributed by atoms with E-state index >= 15 is 0 Å². The molecule has 1 atom stereocenters. The molecular weight excluding hydrogens is 350 g/mol. The van der Waals surface area contributed by atoms with Gasteiger partial charge in [0.05, 0.1) is 4.90 Å². The molecule has 134 valence electrons. The molecule has 1 aliphatic rings. The van der Waals surface area contributed by atoms with Crippen LogP contribution in [-0.4, -0.2) is 44.8 Å². The molecule has 0 aliphatic carbocycles. The van der Waals surface area contributed by atoms with Gasteiger partial charge in [0.25, 0.3) is 5.91 Å². The Morgan fingerprint density at radius 2 is 2.21 bits per heavy atom. The minimum Gasteiger partial charge on any atom is -0.349 e. The van der Waals surface area contributed by atoms with E-state index < -0.39 is 10.0 Å². The standard InChI is InChI=1S/C16H23N3O3S.ClH/c1-3-8-18-15(20)13-5-4-6-14(10-13)23(21,22)19-9-7-16(2,11-17)12-19;/h3-6,10H,1,7-9,11-12,17H2,2H3,(H,18,20);1H. The smallest absolute Gasteiger partial charge is 0.251 e. The third-order valence-electron chi connectivity index (χ3n) is 4.16. The summed E-state index contributed by atoms with van der Waals surface area (Å²) in [5.74, 6) is -0.324. The number of benzene rings is 1. The van der Waals surface area contributed by atoms with Crippen LogP contribution in [0.1, 0.15) is 23.7 Å². The molecule has 1 saturated heterocycles. The predicted octanol–water partition coefficient (Wildman–Crippen LogP) is 1.38. The van der Waals surface area contributed by atoms with Crippen molar-refractivity contribution >= 4 is 28.3 Å². The highest BCUT2D eigenvalue weighted by atomic mass is 35.5. The predicted molar refractivity (Wildman–Crippen MR) is 96.8 cm³/mol. The lowest BCUT2D eigenvalue weighted by Gasteiger charge is -2.22. The number of rotatable bonds is 6. The largest absolute Gasteiger partial charge is 0.349 e. The summed E-state index contributed by atoms with van der Waals surface area (Å²) in [4.78, 5) is 12.1. The molecule has 0 bridgehead atoms. The van der Waals surface area contributed by atoms with Gasteiger partial charge in [0, 0.05) is 25.2 Å². The molecule has 1 amide bonds. The van der Waals surface area contributed by atoms with Crippen LogP contribution in [0.15, 0.2) is 41.8 Å². The summed E-state index contributed by atoms with van der Waals surface area (Å²) in [5.41, 5.74) is 5.87. The fraction of sp³-hybridized carbons (Fsp3) is 0.438. The summed E-state index contributed by atoms with van der Waals surface area (Å²) in [6.07, 6.45) is 2.30. The van der Waals surface area contributed by atoms with Crippen LogP contribution in [0.4, 0.5) is 0 Å². The number of hydrogen-bond acceptors (Lipinski definition) is 4. The van der Waals surface area contributed by atoms with Gasteiger partial charge in [0.15, 0.2) is 0 Å². The molecule has 0 radical (unpaired) electrons. The Bertz CT molecular complexity index is 708. The second-order valence-electron chi connectivity index (χ2n) is 6.13. The second kappa shape index (κ2) is 8.11. The average Bonchev–Trinajstić information content (AvgIpc) is 2.96. The van der Waals surface area contributed by atoms with Crippen molar-refractivity contribution in [1.82, 2.24) is 9.62 Å². The van der Waals surface area contributed by atoms with Crippen LogP contribution in [-0.2, 0) is 10.0 Å². The third kappa shape index (κ3) is 4.36. The number of nitrogens with one attached hydrogen (secondary N) is 1. The van der Waals surface area contributed by atoms with Gasteiger partial charge in [0.1, 0.15) is 0 Å². The number of nitrogens with two attached hydrogens (primary N) is 1. The number of carbonyl (C=O) groups excluding carboxylic acids is 1. The van der Waals surface area contributed by atoms with Gasteiger partial charge in [-0.25, -0.2) is 8.42 Å². The minimum atomic E-state index is -3.62. The van der Waals surface area contributed by atoms with Gasteiger partial charge in [-0.1, -0.05) is 19.1 Å². The van der Waals surface area contributed by atoms with E-state index in [2.05, 4.69) is 11.9 Å². The molecule has 1 unspecified atom stereocenters. The van der Waals surface area contributed by atoms with Crippen molar-refractivity contribution in [2.75, 3.05) is 26.2 Å². The lowest BCUT2D eigenvalue weighted by molar-refractivity contribution is 0.0958. The molecule has 0 spiro atoms. The lowest BCUT2D eigenvalue weighted by atomic mass is 9.90. The number of carbonyl (C=O) groups is 1. The molecule has 1 aromatic carbocycles. The third-order valence-corrected chi connectivity index (χ3v) is 6.00. The number of halogens is 1. The zero-order chi connectivity index (χ0) is 17.1. The zero-order valence-corrected chi connectivity index (χ0v) is 15.3. The minimum absolute atomic E-state index is 0. The molecule has 1 aliphatic heterocycles. The molecule has 1 fully saturated rings. The van der Waals surface area contributed by atoms with E-state index in [1.807, 2.05) is 6.92 Å². The highest BCUT2D eigenvalue weighted by molar-refractivity contribution is 7.89. The molecule has 1 aromatic rings. The van der Waals surface area contributed by atoms with Gasteiger partial charge in [-0.15, -0.1) is 19.0 Å². The maximum absolute atomic E-state index is 12.8. The van der Waals surface area contributed by atoms with Crippen molar-refractivity contribution in [3.63, 3.8) is 0 Å². The van der Waals surface area contributed by atoms with E-state index in [9.17, 15) is 13.2 Å². The molecule has 0 aromatic heterocycles. The first-order valence-corrected chi connectivity index (χ1v) is 8.96. The van der Waals surface area contributed by atoms with Gasteiger partial charge in [-0.2, -0.15) is 4.31 Å². The molecule has 3 N–H and O–H groups in total. The van der Waals surface area contributed by atoms with Crippen LogP contribution >= 0.6 is 12.4 Å². The van der Waals surface area contributed by atoms with E-state index in [1.54, 1.807) is 18.2 Å². The van der Waals surface area contributed by atoms with Gasteiger partial charge in [-0.3, -0.25) is 4.79 Å². The second-order valence-corrected chi connectivity index (χ2v) is 8.07. The topological polar surface area (TPSA) is 92.5 Å². The van der Waals surface area contributed by atoms with E-state index in [-0.39, 0.29) is 28.6 Å². The van der Waals surface area contributed by atoms with Crippen molar-refractivity contribution in [3.05, 3.63) is 42.5 Å². The first kappa shape index (κ1) is 20.6. The summed E-state index contributed by atoms with van der Waals surface area (Å²) < 4.78 is 27.0. The Hall–Kier alpha value is -1.41. The molecule has 1 heterocycles. The number of amides is 1. The molecule has 8 heteroatoms. The van der Waals surface area contributed by atoms with Gasteiger partial charge < -0.3 is 11.1 Å². The SMILES string of the molecule is C=CCNC(=O)c1cccc(S(=O)(=O)N2CCC(C)(CN)C2)c1.Cl. The maximum Gasteiger partial charge on any atom is 0.251 e. The van der Waals surface area contributed by atoms with Gasteiger partial charge >= 0.3 is 0 Å². The van der Waals surface area contributed by atoms with Crippen molar-refractivity contribution in [1.29, 1.82) is 0 Å². The van der Waals surface area contributed by atoms with E-state index in [1.165, 1.54) is 16.4 Å². The highest BCUT2D eigenvalue weighted by Crippen LogP contribution is 2.32. The molecule has 6 nitrogen and oxygen atoms in total. The first-order valence-electron chi connectivity index (χ1n) is 7.52. The van der Waals surface area contributed by atoms with E-state index in [0.717, 1.165) is 6.42 Å². The van der Waals surface area contributed by atoms with Crippen molar-refractivity contribution in [3.8, 4) is 0 Å². The fourth-order valence-electron chi connectivity index (χ4n) is 2.56. The Labute approximate surface area is 149 Å². The van der Waals surface area contributed by atoms with E-state index in [0.29, 0.717) is 31.7 Å². The summed E-state index contributed by atoms with van der Waals surface area (Å²) >= 11 is 0. The number of sulfonamides is 1. The summed E-state index contributed by atoms with van der Waals surface area (Å²) in [6.45, 7) is 7.14. The Morgan fingerprint density at radius 1 is 1.50 bits per heavy atom. The molecule has 2 rings (SSSR count). The van der Waals surface area contributed by atoms with Crippen molar-refractivity contribution < 1.29 is 13.2 Å². The Kier molecular flexibility index (Phi) is 6.97. The number of hydrogen-bond donors (Lipinski definition) is 2. The monoisotopic (exact) mass is 373 g/mol. The Balaban J connectivity index is 0.00000288. The summed E-state index contributed by atoms with van der Waals surface area (Å²) in [5, 5.41) is 2.64. The number of nitrogens with zero attached hydrogens (tertiary/aromatic N) is 1. The normalized spacial score (nSPS) is 21.1. The van der Waals surface area contributed by atoms with Crippen LogP contribution in [0.25, 0.3) is 0 Å². The molecule has 24 heavy (non-hydrogen) atoms. The summed E-state index contributed by atoms with van der Waals surface area (Å²) in [7, 11) is -3.62. The lowest BCUT2D eigenvalue weighted by Crippen LogP contribution is -2.34. The fourth-order valence-corrected chi connectivity index (χ4v) is 4.20. The van der Waals surface area contributed by atoms with Crippen LogP contribution in [0.5, 0.6) is 0 Å². The first-order chi connectivity index (χ1) is 10.8. The zero-order valence-electron chi connectivity index (χ0n) is 13.7. The van der Waals surface area contributed by atoms with Crippen LogP contribution in [0.3, 0.4) is 0 Å². The van der Waals surface area contributed by atoms with E-state index in [4.69, 9.17) is 5.73 Å². The van der Waals surface area contributed by atoms with Gasteiger partial charge in [0.2, 0.25) is 10.0 Å². The quantitative estimate of drug-likeness (QED) is 0.737. The van der Waals surface area contributed by atoms with Crippen LogP contribution in [0.2, 0.25) is 0 Å². The molecule has 0 saturated carbocycles. The Morgan fingerprint density at radius 3 is 2.79 bits per heavy atom. The molecular formula is C16H24ClN3O3S. The summed E-state index contributed by atoms with van der Waals surface area (Å²) in [6, 6.07) is 6.09. The van der Waals surface area contributed by atoms with Crippen LogP contribution < -0.4 is 11.1 Å². The van der Waals surface area contributed by atoms with Crippen molar-refractivity contribution in [2.45, 2.75) is 18.2 Å². The van der Waals surface area contributed by atoms with Gasteiger partial charge in [-0.05, 0) is 36.6 Å². The van der Waals surface area contributed by atoms with Crippen LogP contribution in [0, 0.1) is 5.41 Å². The van der Waals surface area contributed by atoms with Crippen molar-refractivity contribution in [2.24, 2.45) is 11.1 Å².